The molecule has 0 aliphatic rings. The molecule has 0 saturated heterocycles. The first kappa shape index (κ1) is 17.3. The zero-order valence-corrected chi connectivity index (χ0v) is 13.1. The smallest absolute Gasteiger partial charge is 0.241 e. The number of benzene rings is 2. The number of para-hydroxylation sites is 1. The highest BCUT2D eigenvalue weighted by molar-refractivity contribution is 7.89. The van der Waals surface area contributed by atoms with Gasteiger partial charge in [0.25, 0.3) is 0 Å². The first-order valence-electron chi connectivity index (χ1n) is 6.29. The highest BCUT2D eigenvalue weighted by atomic mass is 35.5. The Kier molecular flexibility index (Phi) is 5.30. The molecule has 2 N–H and O–H groups in total. The van der Waals surface area contributed by atoms with Crippen molar-refractivity contribution in [1.29, 1.82) is 0 Å². The normalized spacial score (nSPS) is 11.3. The lowest BCUT2D eigenvalue weighted by atomic mass is 10.3. The van der Waals surface area contributed by atoms with Crippen molar-refractivity contribution in [3.05, 3.63) is 59.1 Å². The van der Waals surface area contributed by atoms with E-state index in [-0.39, 0.29) is 9.92 Å². The fraction of sp³-hybridized carbons (Fsp3) is 0.0714. The summed E-state index contributed by atoms with van der Waals surface area (Å²) in [6, 6.07) is 8.51. The summed E-state index contributed by atoms with van der Waals surface area (Å²) in [6.07, 6.45) is 0. The predicted octanol–water partition coefficient (Wildman–Crippen LogP) is 2.54. The molecule has 5 nitrogen and oxygen atoms in total. The zero-order chi connectivity index (χ0) is 17.0. The molecule has 0 aromatic heterocycles. The maximum Gasteiger partial charge on any atom is 0.241 e. The van der Waals surface area contributed by atoms with Gasteiger partial charge in [0.1, 0.15) is 17.3 Å². The largest absolute Gasteiger partial charge is 0.320 e. The van der Waals surface area contributed by atoms with Gasteiger partial charge < -0.3 is 5.32 Å². The first-order chi connectivity index (χ1) is 10.8. The Balaban J connectivity index is 2.04. The van der Waals surface area contributed by atoms with Crippen LogP contribution in [0.15, 0.2) is 47.4 Å². The van der Waals surface area contributed by atoms with Crippen LogP contribution in [0.1, 0.15) is 0 Å². The van der Waals surface area contributed by atoms with Crippen molar-refractivity contribution in [1.82, 2.24) is 4.72 Å². The van der Waals surface area contributed by atoms with Crippen molar-refractivity contribution < 1.29 is 22.0 Å². The van der Waals surface area contributed by atoms with E-state index in [0.717, 1.165) is 18.2 Å². The molecule has 2 aromatic rings. The fourth-order valence-electron chi connectivity index (χ4n) is 1.68. The third-order valence-electron chi connectivity index (χ3n) is 2.76. The Morgan fingerprint density at radius 3 is 2.30 bits per heavy atom. The van der Waals surface area contributed by atoms with E-state index in [2.05, 4.69) is 0 Å². The van der Waals surface area contributed by atoms with Crippen LogP contribution >= 0.6 is 11.6 Å². The Labute approximate surface area is 136 Å². The zero-order valence-electron chi connectivity index (χ0n) is 11.5. The molecule has 0 spiro atoms. The van der Waals surface area contributed by atoms with Crippen molar-refractivity contribution in [2.45, 2.75) is 4.90 Å². The second kappa shape index (κ2) is 7.03. The monoisotopic (exact) mass is 360 g/mol. The minimum Gasteiger partial charge on any atom is -0.320 e. The van der Waals surface area contributed by atoms with E-state index in [1.165, 1.54) is 24.3 Å². The van der Waals surface area contributed by atoms with Crippen molar-refractivity contribution in [2.24, 2.45) is 0 Å². The molecule has 122 valence electrons. The second-order valence-electron chi connectivity index (χ2n) is 4.43. The van der Waals surface area contributed by atoms with Crippen LogP contribution in [0.4, 0.5) is 14.5 Å². The number of halogens is 3. The Hall–Kier alpha value is -2.03. The van der Waals surface area contributed by atoms with Crippen LogP contribution in [0.5, 0.6) is 0 Å². The van der Waals surface area contributed by atoms with Crippen molar-refractivity contribution >= 4 is 33.2 Å². The summed E-state index contributed by atoms with van der Waals surface area (Å²) in [7, 11) is -3.97. The number of anilines is 1. The fourth-order valence-corrected chi connectivity index (χ4v) is 2.96. The first-order valence-corrected chi connectivity index (χ1v) is 8.15. The number of carbonyl (C=O) groups is 1. The summed E-state index contributed by atoms with van der Waals surface area (Å²) in [6.45, 7) is -0.692. The van der Waals surface area contributed by atoms with Gasteiger partial charge in [0.05, 0.1) is 11.4 Å². The van der Waals surface area contributed by atoms with Crippen LogP contribution in [0.2, 0.25) is 5.02 Å². The highest BCUT2D eigenvalue weighted by Gasteiger charge is 2.17. The van der Waals surface area contributed by atoms with E-state index in [9.17, 15) is 22.0 Å². The summed E-state index contributed by atoms with van der Waals surface area (Å²) in [5.41, 5.74) is -0.639. The molecule has 9 heteroatoms. The minimum absolute atomic E-state index is 0.130. The molecule has 2 rings (SSSR count). The highest BCUT2D eigenvalue weighted by Crippen LogP contribution is 2.18. The predicted molar refractivity (Wildman–Crippen MR) is 81.6 cm³/mol. The third kappa shape index (κ3) is 4.47. The Bertz CT molecular complexity index is 823. The van der Waals surface area contributed by atoms with Crippen LogP contribution in [0, 0.1) is 11.6 Å². The van der Waals surface area contributed by atoms with Gasteiger partial charge >= 0.3 is 0 Å². The third-order valence-corrected chi connectivity index (χ3v) is 4.39. The van der Waals surface area contributed by atoms with Gasteiger partial charge in [0.2, 0.25) is 15.9 Å². The molecule has 1 amide bonds. The number of sulfonamides is 1. The van der Waals surface area contributed by atoms with Gasteiger partial charge in [-0.25, -0.2) is 21.9 Å². The van der Waals surface area contributed by atoms with E-state index < -0.39 is 39.8 Å². The summed E-state index contributed by atoms with van der Waals surface area (Å²) in [5.74, 6) is -2.84. The van der Waals surface area contributed by atoms with Crippen molar-refractivity contribution in [3.8, 4) is 0 Å². The minimum atomic E-state index is -3.97. The molecule has 23 heavy (non-hydrogen) atoms. The molecule has 0 aliphatic carbocycles. The average molecular weight is 361 g/mol. The summed E-state index contributed by atoms with van der Waals surface area (Å²) in [5, 5.41) is 2.19. The van der Waals surface area contributed by atoms with Crippen molar-refractivity contribution in [3.63, 3.8) is 0 Å². The number of hydrogen-bond acceptors (Lipinski definition) is 3. The molecule has 0 fully saturated rings. The molecule has 0 unspecified atom stereocenters. The molecule has 0 radical (unpaired) electrons. The maximum absolute atomic E-state index is 13.4. The lowest BCUT2D eigenvalue weighted by molar-refractivity contribution is -0.115. The van der Waals surface area contributed by atoms with Crippen LogP contribution in [0.3, 0.4) is 0 Å². The maximum atomic E-state index is 13.4. The van der Waals surface area contributed by atoms with Crippen LogP contribution in [-0.4, -0.2) is 20.9 Å². The van der Waals surface area contributed by atoms with E-state index in [1.54, 1.807) is 0 Å². The quantitative estimate of drug-likeness (QED) is 0.860. The van der Waals surface area contributed by atoms with Crippen LogP contribution in [0.25, 0.3) is 0 Å². The van der Waals surface area contributed by atoms with E-state index in [4.69, 9.17) is 11.6 Å². The molecular formula is C14H11ClF2N2O3S. The average Bonchev–Trinajstić information content (AvgIpc) is 2.49. The Morgan fingerprint density at radius 1 is 1.09 bits per heavy atom. The standard InChI is InChI=1S/C14H11ClF2N2O3S/c15-9-3-1-4-10(7-9)23(21,22)18-8-13(20)19-14-11(16)5-2-6-12(14)17/h1-7,18H,8H2,(H,19,20). The lowest BCUT2D eigenvalue weighted by Crippen LogP contribution is -2.33. The van der Waals surface area contributed by atoms with Gasteiger partial charge in [-0.1, -0.05) is 23.7 Å². The van der Waals surface area contributed by atoms with Crippen LogP contribution in [-0.2, 0) is 14.8 Å². The SMILES string of the molecule is O=C(CNS(=O)(=O)c1cccc(Cl)c1)Nc1c(F)cccc1F. The molecule has 0 aliphatic heterocycles. The summed E-state index contributed by atoms with van der Waals surface area (Å²) < 4.78 is 52.7. The number of carbonyl (C=O) groups excluding carboxylic acids is 1. The lowest BCUT2D eigenvalue weighted by Gasteiger charge is -2.09. The topological polar surface area (TPSA) is 75.3 Å². The van der Waals surface area contributed by atoms with E-state index >= 15 is 0 Å². The van der Waals surface area contributed by atoms with E-state index in [0.29, 0.717) is 0 Å². The van der Waals surface area contributed by atoms with Gasteiger partial charge in [-0.05, 0) is 30.3 Å². The van der Waals surface area contributed by atoms with Gasteiger partial charge in [-0.2, -0.15) is 0 Å². The van der Waals surface area contributed by atoms with Gasteiger partial charge in [0.15, 0.2) is 0 Å². The number of amides is 1. The molecule has 2 aromatic carbocycles. The molecule has 0 heterocycles. The molecule has 0 saturated carbocycles. The van der Waals surface area contributed by atoms with Gasteiger partial charge in [0, 0.05) is 5.02 Å². The number of nitrogens with one attached hydrogen (secondary N) is 2. The van der Waals surface area contributed by atoms with Crippen molar-refractivity contribution in [2.75, 3.05) is 11.9 Å². The molecule has 0 atom stereocenters. The summed E-state index contributed by atoms with van der Waals surface area (Å²) >= 11 is 5.70. The van der Waals surface area contributed by atoms with Gasteiger partial charge in [-0.15, -0.1) is 0 Å². The number of hydrogen-bond donors (Lipinski definition) is 2. The second-order valence-corrected chi connectivity index (χ2v) is 6.63. The molecular weight excluding hydrogens is 350 g/mol. The molecule has 0 bridgehead atoms. The number of rotatable bonds is 5. The van der Waals surface area contributed by atoms with Gasteiger partial charge in [-0.3, -0.25) is 4.79 Å². The van der Waals surface area contributed by atoms with Crippen LogP contribution < -0.4 is 10.0 Å². The summed E-state index contributed by atoms with van der Waals surface area (Å²) in [4.78, 5) is 11.5. The van der Waals surface area contributed by atoms with E-state index in [1.807, 2.05) is 10.0 Å². The Morgan fingerprint density at radius 2 is 1.70 bits per heavy atom.